The Kier molecular flexibility index (Phi) is 4.69. The van der Waals surface area contributed by atoms with Gasteiger partial charge in [-0.2, -0.15) is 0 Å². The molecule has 2 aromatic carbocycles. The van der Waals surface area contributed by atoms with E-state index in [2.05, 4.69) is 0 Å². The molecule has 0 unspecified atom stereocenters. The van der Waals surface area contributed by atoms with Crippen molar-refractivity contribution < 1.29 is 19.1 Å². The van der Waals surface area contributed by atoms with Gasteiger partial charge in [0.15, 0.2) is 0 Å². The van der Waals surface area contributed by atoms with Gasteiger partial charge in [0.05, 0.1) is 10.8 Å². The molecule has 0 spiro atoms. The van der Waals surface area contributed by atoms with Gasteiger partial charge in [0.25, 0.3) is 0 Å². The Morgan fingerprint density at radius 2 is 1.54 bits per heavy atom. The third kappa shape index (κ3) is 3.19. The van der Waals surface area contributed by atoms with Crippen LogP contribution in [0.3, 0.4) is 0 Å². The van der Waals surface area contributed by atoms with E-state index in [4.69, 9.17) is 0 Å². The first-order chi connectivity index (χ1) is 13.5. The van der Waals surface area contributed by atoms with Crippen LogP contribution in [0.4, 0.5) is 4.39 Å². The number of carbonyl (C=O) groups excluding carboxylic acids is 1. The smallest absolute Gasteiger partial charge is 0.314 e. The summed E-state index contributed by atoms with van der Waals surface area (Å²) in [7, 11) is 0. The predicted molar refractivity (Wildman–Crippen MR) is 103 cm³/mol. The normalized spacial score (nSPS) is 19.8. The van der Waals surface area contributed by atoms with Gasteiger partial charge < -0.3 is 10.0 Å². The van der Waals surface area contributed by atoms with Gasteiger partial charge in [-0.05, 0) is 49.3 Å². The van der Waals surface area contributed by atoms with E-state index in [-0.39, 0.29) is 11.7 Å². The summed E-state index contributed by atoms with van der Waals surface area (Å²) >= 11 is 0. The van der Waals surface area contributed by atoms with Crippen molar-refractivity contribution in [1.82, 2.24) is 4.90 Å². The van der Waals surface area contributed by atoms with E-state index in [9.17, 15) is 19.1 Å². The number of aliphatic carboxylic acids is 1. The van der Waals surface area contributed by atoms with Gasteiger partial charge in [0, 0.05) is 13.1 Å². The van der Waals surface area contributed by atoms with Crippen molar-refractivity contribution in [3.8, 4) is 0 Å². The van der Waals surface area contributed by atoms with Crippen molar-refractivity contribution in [3.63, 3.8) is 0 Å². The van der Waals surface area contributed by atoms with Crippen LogP contribution < -0.4 is 0 Å². The van der Waals surface area contributed by atoms with Gasteiger partial charge in [0.1, 0.15) is 5.82 Å². The standard InChI is InChI=1S/C23H24FNO3/c24-19-9-5-4-6-17(19)16-22(10-11-22)20(26)25-14-12-23(13-15-25,21(27)28)18-7-2-1-3-8-18/h1-9H,10-16H2,(H,27,28). The zero-order chi connectivity index (χ0) is 19.8. The van der Waals surface area contributed by atoms with E-state index in [1.165, 1.54) is 6.07 Å². The Morgan fingerprint density at radius 3 is 2.11 bits per heavy atom. The highest BCUT2D eigenvalue weighted by Crippen LogP contribution is 2.51. The second-order valence-electron chi connectivity index (χ2n) is 8.09. The van der Waals surface area contributed by atoms with Crippen molar-refractivity contribution in [3.05, 3.63) is 71.5 Å². The van der Waals surface area contributed by atoms with Crippen LogP contribution in [-0.2, 0) is 21.4 Å². The molecule has 28 heavy (non-hydrogen) atoms. The van der Waals surface area contributed by atoms with Gasteiger partial charge >= 0.3 is 5.97 Å². The molecule has 146 valence electrons. The number of carboxylic acids is 1. The Labute approximate surface area is 164 Å². The molecule has 1 amide bonds. The third-order valence-electron chi connectivity index (χ3n) is 6.43. The van der Waals surface area contributed by atoms with E-state index in [1.807, 2.05) is 30.3 Å². The van der Waals surface area contributed by atoms with Crippen LogP contribution in [0, 0.1) is 11.2 Å². The van der Waals surface area contributed by atoms with Crippen molar-refractivity contribution in [1.29, 1.82) is 0 Å². The quantitative estimate of drug-likeness (QED) is 0.857. The lowest BCUT2D eigenvalue weighted by atomic mass is 9.72. The maximum absolute atomic E-state index is 14.0. The maximum atomic E-state index is 14.0. The lowest BCUT2D eigenvalue weighted by molar-refractivity contribution is -0.149. The second-order valence-corrected chi connectivity index (χ2v) is 8.09. The first-order valence-electron chi connectivity index (χ1n) is 9.79. The summed E-state index contributed by atoms with van der Waals surface area (Å²) in [5.41, 5.74) is -0.0880. The van der Waals surface area contributed by atoms with E-state index in [1.54, 1.807) is 23.1 Å². The Bertz CT molecular complexity index is 884. The summed E-state index contributed by atoms with van der Waals surface area (Å²) < 4.78 is 14.0. The summed E-state index contributed by atoms with van der Waals surface area (Å²) in [5.74, 6) is -1.06. The summed E-state index contributed by atoms with van der Waals surface area (Å²) in [6.07, 6.45) is 2.73. The number of hydrogen-bond donors (Lipinski definition) is 1. The Morgan fingerprint density at radius 1 is 0.929 bits per heavy atom. The number of rotatable bonds is 5. The molecule has 0 aromatic heterocycles. The molecule has 0 atom stereocenters. The molecule has 2 fully saturated rings. The summed E-state index contributed by atoms with van der Waals surface area (Å²) in [6.45, 7) is 0.831. The van der Waals surface area contributed by atoms with Gasteiger partial charge in [-0.15, -0.1) is 0 Å². The van der Waals surface area contributed by atoms with Crippen LogP contribution in [0.2, 0.25) is 0 Å². The Hall–Kier alpha value is -2.69. The van der Waals surface area contributed by atoms with Crippen LogP contribution in [0.15, 0.2) is 54.6 Å². The highest BCUT2D eigenvalue weighted by atomic mass is 19.1. The minimum Gasteiger partial charge on any atom is -0.481 e. The third-order valence-corrected chi connectivity index (χ3v) is 6.43. The molecule has 1 heterocycles. The lowest BCUT2D eigenvalue weighted by Crippen LogP contribution is -2.51. The molecule has 4 rings (SSSR count). The van der Waals surface area contributed by atoms with Gasteiger partial charge in [0.2, 0.25) is 5.91 Å². The van der Waals surface area contributed by atoms with Crippen LogP contribution in [-0.4, -0.2) is 35.0 Å². The first-order valence-corrected chi connectivity index (χ1v) is 9.79. The van der Waals surface area contributed by atoms with Crippen molar-refractivity contribution in [2.45, 2.75) is 37.5 Å². The zero-order valence-corrected chi connectivity index (χ0v) is 15.7. The van der Waals surface area contributed by atoms with E-state index in [0.29, 0.717) is 37.9 Å². The second kappa shape index (κ2) is 7.04. The fourth-order valence-corrected chi connectivity index (χ4v) is 4.43. The number of likely N-dealkylation sites (tertiary alicyclic amines) is 1. The average Bonchev–Trinajstić information content (AvgIpc) is 3.50. The molecule has 1 N–H and O–H groups in total. The largest absolute Gasteiger partial charge is 0.481 e. The summed E-state index contributed by atoms with van der Waals surface area (Å²) in [5, 5.41) is 9.92. The minimum atomic E-state index is -0.944. The fraction of sp³-hybridized carbons (Fsp3) is 0.391. The average molecular weight is 381 g/mol. The van der Waals surface area contributed by atoms with Gasteiger partial charge in [-0.25, -0.2) is 4.39 Å². The highest BCUT2D eigenvalue weighted by Gasteiger charge is 2.53. The molecule has 1 saturated carbocycles. The topological polar surface area (TPSA) is 57.6 Å². The molecule has 0 radical (unpaired) electrons. The predicted octanol–water partition coefficient (Wildman–Crippen LogP) is 3.79. The first kappa shape index (κ1) is 18.7. The van der Waals surface area contributed by atoms with Crippen molar-refractivity contribution in [2.75, 3.05) is 13.1 Å². The molecule has 1 aliphatic carbocycles. The molecule has 2 aromatic rings. The summed E-state index contributed by atoms with van der Waals surface area (Å²) in [6, 6.07) is 15.9. The molecule has 0 bridgehead atoms. The van der Waals surface area contributed by atoms with Crippen molar-refractivity contribution >= 4 is 11.9 Å². The zero-order valence-electron chi connectivity index (χ0n) is 15.7. The molecular formula is C23H24FNO3. The van der Waals surface area contributed by atoms with Gasteiger partial charge in [-0.3, -0.25) is 9.59 Å². The molecular weight excluding hydrogens is 357 g/mol. The SMILES string of the molecule is O=C(N1CCC(C(=O)O)(c2ccccc2)CC1)C1(Cc2ccccc2F)CC1. The molecule has 5 heteroatoms. The van der Waals surface area contributed by atoms with E-state index < -0.39 is 16.8 Å². The van der Waals surface area contributed by atoms with Crippen LogP contribution >= 0.6 is 0 Å². The van der Waals surface area contributed by atoms with Gasteiger partial charge in [-0.1, -0.05) is 48.5 Å². The number of piperidine rings is 1. The summed E-state index contributed by atoms with van der Waals surface area (Å²) in [4.78, 5) is 27.1. The fourth-order valence-electron chi connectivity index (χ4n) is 4.43. The number of halogens is 1. The van der Waals surface area contributed by atoms with E-state index >= 15 is 0 Å². The molecule has 2 aliphatic rings. The lowest BCUT2D eigenvalue weighted by Gasteiger charge is -2.40. The van der Waals surface area contributed by atoms with Crippen molar-refractivity contribution in [2.24, 2.45) is 5.41 Å². The number of nitrogens with zero attached hydrogens (tertiary/aromatic N) is 1. The number of benzene rings is 2. The van der Waals surface area contributed by atoms with Crippen LogP contribution in [0.1, 0.15) is 36.8 Å². The maximum Gasteiger partial charge on any atom is 0.314 e. The Balaban J connectivity index is 1.48. The van der Waals surface area contributed by atoms with E-state index in [0.717, 1.165) is 18.4 Å². The molecule has 1 aliphatic heterocycles. The highest BCUT2D eigenvalue weighted by molar-refractivity contribution is 5.87. The minimum absolute atomic E-state index is 0.0443. The number of carbonyl (C=O) groups is 2. The van der Waals surface area contributed by atoms with Crippen LogP contribution in [0.5, 0.6) is 0 Å². The molecule has 4 nitrogen and oxygen atoms in total. The number of amides is 1. The monoisotopic (exact) mass is 381 g/mol. The number of carboxylic acid groups (broad SMARTS) is 1. The van der Waals surface area contributed by atoms with Crippen LogP contribution in [0.25, 0.3) is 0 Å². The number of hydrogen-bond acceptors (Lipinski definition) is 2. The molecule has 1 saturated heterocycles.